The van der Waals surface area contributed by atoms with Crippen molar-refractivity contribution in [3.8, 4) is 17.2 Å². The molecule has 162 valence electrons. The fraction of sp³-hybridized carbons (Fsp3) is 0.333. The van der Waals surface area contributed by atoms with E-state index < -0.39 is 23.1 Å². The Kier molecular flexibility index (Phi) is 5.13. The topological polar surface area (TPSA) is 106 Å². The van der Waals surface area contributed by atoms with Gasteiger partial charge < -0.3 is 24.1 Å². The Morgan fingerprint density at radius 1 is 1.23 bits per heavy atom. The van der Waals surface area contributed by atoms with Gasteiger partial charge in [0.25, 0.3) is 0 Å². The van der Waals surface area contributed by atoms with Gasteiger partial charge in [-0.2, -0.15) is 0 Å². The van der Waals surface area contributed by atoms with Gasteiger partial charge in [0, 0.05) is 23.4 Å². The molecule has 2 aromatic carbocycles. The Balaban J connectivity index is 1.70. The van der Waals surface area contributed by atoms with Crippen molar-refractivity contribution in [2.45, 2.75) is 32.3 Å². The van der Waals surface area contributed by atoms with Gasteiger partial charge in [0.2, 0.25) is 0 Å². The molecule has 1 unspecified atom stereocenters. The van der Waals surface area contributed by atoms with Crippen LogP contribution in [-0.2, 0) is 17.6 Å². The van der Waals surface area contributed by atoms with Crippen molar-refractivity contribution in [2.24, 2.45) is 11.8 Å². The van der Waals surface area contributed by atoms with Crippen molar-refractivity contribution >= 4 is 16.9 Å². The quantitative estimate of drug-likeness (QED) is 0.600. The van der Waals surface area contributed by atoms with E-state index in [0.29, 0.717) is 23.5 Å². The molecule has 0 bridgehead atoms. The van der Waals surface area contributed by atoms with Crippen LogP contribution in [0.1, 0.15) is 25.0 Å². The van der Waals surface area contributed by atoms with Gasteiger partial charge in [-0.05, 0) is 62.1 Å². The van der Waals surface area contributed by atoms with Gasteiger partial charge in [-0.3, -0.25) is 4.79 Å². The molecule has 0 radical (unpaired) electrons. The number of methoxy groups -OCH3 is 1. The second-order valence-corrected chi connectivity index (χ2v) is 8.42. The number of benzene rings is 2. The fourth-order valence-electron chi connectivity index (χ4n) is 4.37. The van der Waals surface area contributed by atoms with E-state index in [1.165, 1.54) is 19.2 Å². The SMILES string of the molecule is COc1cc(C[C@H](C(=O)O)C2Cc3cc4ccc(=O)oc4cc3OC2(C)C)ccc1O. The lowest BCUT2D eigenvalue weighted by molar-refractivity contribution is -0.147. The lowest BCUT2D eigenvalue weighted by atomic mass is 9.72. The van der Waals surface area contributed by atoms with E-state index in [2.05, 4.69) is 0 Å². The molecule has 31 heavy (non-hydrogen) atoms. The first-order valence-electron chi connectivity index (χ1n) is 10.0. The molecule has 0 saturated carbocycles. The highest BCUT2D eigenvalue weighted by Gasteiger charge is 2.44. The Morgan fingerprint density at radius 3 is 2.71 bits per heavy atom. The molecule has 2 heterocycles. The Hall–Kier alpha value is -3.48. The summed E-state index contributed by atoms with van der Waals surface area (Å²) in [5, 5.41) is 20.7. The van der Waals surface area contributed by atoms with Gasteiger partial charge in [-0.25, -0.2) is 4.79 Å². The highest BCUT2D eigenvalue weighted by atomic mass is 16.5. The number of fused-ring (bicyclic) bond motifs is 2. The summed E-state index contributed by atoms with van der Waals surface area (Å²) in [5.74, 6) is -1.04. The van der Waals surface area contributed by atoms with Gasteiger partial charge in [-0.1, -0.05) is 6.07 Å². The number of phenols is 1. The van der Waals surface area contributed by atoms with Gasteiger partial charge in [0.15, 0.2) is 11.5 Å². The molecule has 0 fully saturated rings. The summed E-state index contributed by atoms with van der Waals surface area (Å²) in [6.07, 6.45) is 0.769. The van der Waals surface area contributed by atoms with E-state index in [4.69, 9.17) is 13.9 Å². The van der Waals surface area contributed by atoms with E-state index >= 15 is 0 Å². The summed E-state index contributed by atoms with van der Waals surface area (Å²) >= 11 is 0. The van der Waals surface area contributed by atoms with Crippen molar-refractivity contribution < 1.29 is 28.9 Å². The van der Waals surface area contributed by atoms with E-state index in [1.54, 1.807) is 24.3 Å². The molecule has 2 atom stereocenters. The maximum absolute atomic E-state index is 12.3. The minimum Gasteiger partial charge on any atom is -0.504 e. The van der Waals surface area contributed by atoms with Crippen LogP contribution >= 0.6 is 0 Å². The molecule has 1 aromatic heterocycles. The number of rotatable bonds is 5. The lowest BCUT2D eigenvalue weighted by Gasteiger charge is -2.42. The summed E-state index contributed by atoms with van der Waals surface area (Å²) in [4.78, 5) is 23.8. The monoisotopic (exact) mass is 424 g/mol. The molecule has 0 amide bonds. The van der Waals surface area contributed by atoms with E-state index in [9.17, 15) is 19.8 Å². The molecule has 0 spiro atoms. The molecule has 0 aliphatic carbocycles. The fourth-order valence-corrected chi connectivity index (χ4v) is 4.37. The van der Waals surface area contributed by atoms with Crippen LogP contribution in [-0.4, -0.2) is 28.9 Å². The van der Waals surface area contributed by atoms with Crippen LogP contribution in [0.25, 0.3) is 11.0 Å². The van der Waals surface area contributed by atoms with Gasteiger partial charge in [0.1, 0.15) is 16.9 Å². The largest absolute Gasteiger partial charge is 0.504 e. The summed E-state index contributed by atoms with van der Waals surface area (Å²) < 4.78 is 16.6. The highest BCUT2D eigenvalue weighted by molar-refractivity contribution is 5.80. The first-order valence-corrected chi connectivity index (χ1v) is 10.0. The van der Waals surface area contributed by atoms with Crippen LogP contribution in [0.5, 0.6) is 17.2 Å². The predicted molar refractivity (Wildman–Crippen MR) is 114 cm³/mol. The maximum atomic E-state index is 12.3. The maximum Gasteiger partial charge on any atom is 0.336 e. The molecule has 3 aromatic rings. The van der Waals surface area contributed by atoms with Crippen molar-refractivity contribution in [1.29, 1.82) is 0 Å². The number of hydrogen-bond acceptors (Lipinski definition) is 6. The Labute approximate surface area is 178 Å². The second-order valence-electron chi connectivity index (χ2n) is 8.42. The predicted octanol–water partition coefficient (Wildman–Crippen LogP) is 3.78. The normalized spacial score (nSPS) is 18.1. The number of hydrogen-bond donors (Lipinski definition) is 2. The van der Waals surface area contributed by atoms with Gasteiger partial charge in [-0.15, -0.1) is 0 Å². The number of carboxylic acids is 1. The number of carbonyl (C=O) groups is 1. The molecular formula is C24H24O7. The highest BCUT2D eigenvalue weighted by Crippen LogP contribution is 2.43. The number of aliphatic carboxylic acids is 1. The minimum atomic E-state index is -0.913. The summed E-state index contributed by atoms with van der Waals surface area (Å²) in [6.45, 7) is 3.75. The third-order valence-corrected chi connectivity index (χ3v) is 6.01. The third kappa shape index (κ3) is 3.95. The zero-order valence-electron chi connectivity index (χ0n) is 17.5. The van der Waals surface area contributed by atoms with Crippen LogP contribution in [0, 0.1) is 11.8 Å². The Bertz CT molecular complexity index is 1210. The number of ether oxygens (including phenoxy) is 2. The first kappa shape index (κ1) is 20.8. The minimum absolute atomic E-state index is 0.00640. The zero-order valence-corrected chi connectivity index (χ0v) is 17.5. The number of aromatic hydroxyl groups is 1. The average Bonchev–Trinajstić information content (AvgIpc) is 2.71. The molecule has 7 heteroatoms. The summed E-state index contributed by atoms with van der Waals surface area (Å²) in [7, 11) is 1.45. The standard InChI is InChI=1S/C24H24O7/c1-24(2)17(16(23(27)28)8-13-4-6-18(25)21(9-13)29-3)11-15-10-14-5-7-22(26)30-19(14)12-20(15)31-24/h4-7,9-10,12,16-17,25H,8,11H2,1-3H3,(H,27,28)/t16-,17?/m0/s1. The molecule has 1 aliphatic heterocycles. The van der Waals surface area contributed by atoms with Crippen molar-refractivity contribution in [3.05, 3.63) is 64.0 Å². The average molecular weight is 424 g/mol. The second kappa shape index (κ2) is 7.65. The molecular weight excluding hydrogens is 400 g/mol. The van der Waals surface area contributed by atoms with Crippen LogP contribution < -0.4 is 15.1 Å². The lowest BCUT2D eigenvalue weighted by Crippen LogP contribution is -2.48. The Morgan fingerprint density at radius 2 is 2.00 bits per heavy atom. The third-order valence-electron chi connectivity index (χ3n) is 6.01. The van der Waals surface area contributed by atoms with Gasteiger partial charge >= 0.3 is 11.6 Å². The molecule has 1 aliphatic rings. The summed E-state index contributed by atoms with van der Waals surface area (Å²) in [6, 6.07) is 11.5. The van der Waals surface area contributed by atoms with E-state index in [1.807, 2.05) is 19.9 Å². The number of phenolic OH excluding ortho intramolecular Hbond substituents is 1. The van der Waals surface area contributed by atoms with Crippen LogP contribution in [0.4, 0.5) is 0 Å². The molecule has 4 rings (SSSR count). The van der Waals surface area contributed by atoms with E-state index in [-0.39, 0.29) is 18.1 Å². The smallest absolute Gasteiger partial charge is 0.336 e. The van der Waals surface area contributed by atoms with Gasteiger partial charge in [0.05, 0.1) is 13.0 Å². The zero-order chi connectivity index (χ0) is 22.3. The van der Waals surface area contributed by atoms with Crippen LogP contribution in [0.3, 0.4) is 0 Å². The molecule has 0 saturated heterocycles. The van der Waals surface area contributed by atoms with Crippen LogP contribution in [0.2, 0.25) is 0 Å². The number of carboxylic acid groups (broad SMARTS) is 1. The van der Waals surface area contributed by atoms with Crippen molar-refractivity contribution in [1.82, 2.24) is 0 Å². The first-order chi connectivity index (χ1) is 14.7. The van der Waals surface area contributed by atoms with Crippen molar-refractivity contribution in [3.63, 3.8) is 0 Å². The molecule has 2 N–H and O–H groups in total. The summed E-state index contributed by atoms with van der Waals surface area (Å²) in [5.41, 5.74) is 0.867. The van der Waals surface area contributed by atoms with Crippen LogP contribution in [0.15, 0.2) is 51.7 Å². The molecule has 7 nitrogen and oxygen atoms in total. The van der Waals surface area contributed by atoms with E-state index in [0.717, 1.165) is 16.5 Å². The van der Waals surface area contributed by atoms with Crippen molar-refractivity contribution in [2.75, 3.05) is 7.11 Å².